The molecule has 154 valence electrons. The molecular formula is C16H31NO7S2. The Morgan fingerprint density at radius 1 is 1.08 bits per heavy atom. The van der Waals surface area contributed by atoms with Crippen LogP contribution >= 0.6 is 12.0 Å². The van der Waals surface area contributed by atoms with E-state index in [-0.39, 0.29) is 11.2 Å². The SMILES string of the molecule is COOOSCS(=O)(=O)N1CCC(OCOCCC2CCCCC2)CC1. The lowest BCUT2D eigenvalue weighted by Crippen LogP contribution is -2.41. The van der Waals surface area contributed by atoms with Crippen molar-refractivity contribution >= 4 is 22.1 Å². The number of hydrogen-bond acceptors (Lipinski definition) is 8. The second kappa shape index (κ2) is 12.5. The number of nitrogens with zero attached hydrogens (tertiary/aromatic N) is 1. The lowest BCUT2D eigenvalue weighted by Gasteiger charge is -2.30. The number of sulfonamides is 1. The third-order valence-corrected chi connectivity index (χ3v) is 7.80. The first-order valence-corrected chi connectivity index (χ1v) is 11.8. The van der Waals surface area contributed by atoms with Crippen molar-refractivity contribution in [1.82, 2.24) is 4.31 Å². The first-order valence-electron chi connectivity index (χ1n) is 9.28. The molecule has 1 aliphatic heterocycles. The molecule has 10 heteroatoms. The van der Waals surface area contributed by atoms with Gasteiger partial charge in [0.15, 0.2) is 0 Å². The smallest absolute Gasteiger partial charge is 0.225 e. The van der Waals surface area contributed by atoms with E-state index in [4.69, 9.17) is 9.47 Å². The van der Waals surface area contributed by atoms with Crippen LogP contribution in [0.3, 0.4) is 0 Å². The zero-order chi connectivity index (χ0) is 18.7. The predicted octanol–water partition coefficient (Wildman–Crippen LogP) is 2.86. The minimum Gasteiger partial charge on any atom is -0.355 e. The molecule has 2 aliphatic rings. The fourth-order valence-corrected chi connectivity index (χ4v) is 5.51. The van der Waals surface area contributed by atoms with Crippen molar-refractivity contribution in [3.8, 4) is 0 Å². The lowest BCUT2D eigenvalue weighted by atomic mass is 9.87. The Morgan fingerprint density at radius 3 is 2.50 bits per heavy atom. The molecule has 0 spiro atoms. The number of rotatable bonds is 12. The molecule has 1 saturated heterocycles. The van der Waals surface area contributed by atoms with E-state index in [1.54, 1.807) is 0 Å². The van der Waals surface area contributed by atoms with Crippen molar-refractivity contribution in [2.45, 2.75) is 57.5 Å². The molecule has 8 nitrogen and oxygen atoms in total. The highest BCUT2D eigenvalue weighted by Crippen LogP contribution is 2.26. The monoisotopic (exact) mass is 413 g/mol. The highest BCUT2D eigenvalue weighted by molar-refractivity contribution is 8.08. The molecule has 0 aromatic rings. The molecule has 0 amide bonds. The van der Waals surface area contributed by atoms with Gasteiger partial charge >= 0.3 is 0 Å². The van der Waals surface area contributed by atoms with Crippen molar-refractivity contribution in [3.05, 3.63) is 0 Å². The first kappa shape index (κ1) is 22.4. The Hall–Kier alpha value is 0.0600. The third kappa shape index (κ3) is 8.39. The largest absolute Gasteiger partial charge is 0.355 e. The Labute approximate surface area is 160 Å². The van der Waals surface area contributed by atoms with Gasteiger partial charge in [0.1, 0.15) is 11.9 Å². The summed E-state index contributed by atoms with van der Waals surface area (Å²) >= 11 is 0.682. The van der Waals surface area contributed by atoms with Crippen LogP contribution in [0.5, 0.6) is 0 Å². The second-order valence-corrected chi connectivity index (χ2v) is 9.73. The second-order valence-electron chi connectivity index (χ2n) is 6.73. The Kier molecular flexibility index (Phi) is 10.7. The van der Waals surface area contributed by atoms with Crippen LogP contribution in [0.1, 0.15) is 51.4 Å². The molecule has 1 heterocycles. The summed E-state index contributed by atoms with van der Waals surface area (Å²) in [5, 5.41) is 3.97. The van der Waals surface area contributed by atoms with E-state index in [9.17, 15) is 8.42 Å². The summed E-state index contributed by atoms with van der Waals surface area (Å²) in [6.45, 7) is 1.93. The summed E-state index contributed by atoms with van der Waals surface area (Å²) in [6, 6.07) is 0. The van der Waals surface area contributed by atoms with Gasteiger partial charge in [-0.1, -0.05) is 37.1 Å². The van der Waals surface area contributed by atoms with Crippen LogP contribution in [0.25, 0.3) is 0 Å². The summed E-state index contributed by atoms with van der Waals surface area (Å²) in [6.07, 6.45) is 9.26. The topological polar surface area (TPSA) is 83.5 Å². The summed E-state index contributed by atoms with van der Waals surface area (Å²) in [4.78, 5) is 4.23. The average molecular weight is 414 g/mol. The molecule has 1 aliphatic carbocycles. The molecule has 1 saturated carbocycles. The fraction of sp³-hybridized carbons (Fsp3) is 1.00. The summed E-state index contributed by atoms with van der Waals surface area (Å²) in [5.74, 6) is 0.813. The maximum atomic E-state index is 12.2. The number of piperidine rings is 1. The zero-order valence-electron chi connectivity index (χ0n) is 15.5. The van der Waals surface area contributed by atoms with E-state index in [0.717, 1.165) is 18.9 Å². The van der Waals surface area contributed by atoms with Crippen LogP contribution in [0.4, 0.5) is 0 Å². The van der Waals surface area contributed by atoms with Gasteiger partial charge in [-0.3, -0.25) is 0 Å². The minimum atomic E-state index is -3.38. The van der Waals surface area contributed by atoms with Gasteiger partial charge in [0.2, 0.25) is 10.0 Å². The van der Waals surface area contributed by atoms with Crippen LogP contribution in [-0.4, -0.2) is 57.5 Å². The minimum absolute atomic E-state index is 0.0526. The van der Waals surface area contributed by atoms with E-state index in [0.29, 0.717) is 44.8 Å². The highest BCUT2D eigenvalue weighted by atomic mass is 32.3. The van der Waals surface area contributed by atoms with Crippen molar-refractivity contribution in [1.29, 1.82) is 0 Å². The Morgan fingerprint density at radius 2 is 1.81 bits per heavy atom. The number of hydrogen-bond donors (Lipinski definition) is 0. The first-order chi connectivity index (χ1) is 12.6. The van der Waals surface area contributed by atoms with Crippen molar-refractivity contribution in [2.24, 2.45) is 5.92 Å². The van der Waals surface area contributed by atoms with Gasteiger partial charge in [0.25, 0.3) is 0 Å². The van der Waals surface area contributed by atoms with Gasteiger partial charge in [-0.2, -0.15) is 0 Å². The van der Waals surface area contributed by atoms with Crippen LogP contribution < -0.4 is 0 Å². The van der Waals surface area contributed by atoms with Crippen molar-refractivity contribution in [2.75, 3.05) is 38.7 Å². The molecule has 2 fully saturated rings. The predicted molar refractivity (Wildman–Crippen MR) is 98.2 cm³/mol. The molecule has 26 heavy (non-hydrogen) atoms. The maximum Gasteiger partial charge on any atom is 0.225 e. The van der Waals surface area contributed by atoms with Gasteiger partial charge in [-0.25, -0.2) is 17.6 Å². The molecule has 0 aromatic carbocycles. The van der Waals surface area contributed by atoms with Crippen LogP contribution in [0.15, 0.2) is 0 Å². The van der Waals surface area contributed by atoms with Gasteiger partial charge < -0.3 is 9.47 Å². The Bertz CT molecular complexity index is 463. The normalized spacial score (nSPS) is 21.3. The molecule has 0 N–H and O–H groups in total. The van der Waals surface area contributed by atoms with Crippen molar-refractivity contribution < 1.29 is 32.2 Å². The van der Waals surface area contributed by atoms with Crippen LogP contribution in [0, 0.1) is 5.92 Å². The van der Waals surface area contributed by atoms with E-state index >= 15 is 0 Å². The molecule has 0 atom stereocenters. The van der Waals surface area contributed by atoms with E-state index in [1.807, 2.05) is 0 Å². The summed E-state index contributed by atoms with van der Waals surface area (Å²) in [7, 11) is -2.10. The standard InChI is InChI=1S/C16H31NO7S2/c1-20-23-24-25-14-26(18,19)17-10-7-16(8-11-17)22-13-21-12-9-15-5-3-2-4-6-15/h15-16H,2-14H2,1H3. The Balaban J connectivity index is 1.52. The van der Waals surface area contributed by atoms with Gasteiger partial charge in [-0.15, -0.1) is 4.33 Å². The zero-order valence-corrected chi connectivity index (χ0v) is 17.1. The number of ether oxygens (including phenoxy) is 2. The van der Waals surface area contributed by atoms with Gasteiger partial charge in [0.05, 0.1) is 25.3 Å². The molecule has 0 bridgehead atoms. The van der Waals surface area contributed by atoms with Gasteiger partial charge in [-0.05, 0) is 25.2 Å². The summed E-state index contributed by atoms with van der Waals surface area (Å²) in [5.41, 5.74) is 0. The molecule has 0 radical (unpaired) electrons. The summed E-state index contributed by atoms with van der Waals surface area (Å²) < 4.78 is 41.6. The van der Waals surface area contributed by atoms with Crippen LogP contribution in [-0.2, 0) is 33.8 Å². The maximum absolute atomic E-state index is 12.2. The highest BCUT2D eigenvalue weighted by Gasteiger charge is 2.28. The van der Waals surface area contributed by atoms with Gasteiger partial charge in [0, 0.05) is 19.7 Å². The van der Waals surface area contributed by atoms with E-state index < -0.39 is 10.0 Å². The van der Waals surface area contributed by atoms with Crippen molar-refractivity contribution in [3.63, 3.8) is 0 Å². The lowest BCUT2D eigenvalue weighted by molar-refractivity contribution is -0.447. The van der Waals surface area contributed by atoms with E-state index in [2.05, 4.69) is 14.3 Å². The molecular weight excluding hydrogens is 382 g/mol. The van der Waals surface area contributed by atoms with E-state index in [1.165, 1.54) is 43.5 Å². The third-order valence-electron chi connectivity index (χ3n) is 4.92. The quantitative estimate of drug-likeness (QED) is 0.159. The average Bonchev–Trinajstić information content (AvgIpc) is 2.66. The molecule has 0 unspecified atom stereocenters. The van der Waals surface area contributed by atoms with Crippen LogP contribution in [0.2, 0.25) is 0 Å². The molecule has 0 aromatic heterocycles. The molecule has 2 rings (SSSR count). The fourth-order valence-electron chi connectivity index (χ4n) is 3.41.